The minimum absolute atomic E-state index is 0. The fourth-order valence-electron chi connectivity index (χ4n) is 0.666. The van der Waals surface area contributed by atoms with E-state index >= 15 is 0 Å². The smallest absolute Gasteiger partial charge is 0.178 e. The molecular formula is C10H12NO2S+. The summed E-state index contributed by atoms with van der Waals surface area (Å²) in [4.78, 5) is 20.6. The summed E-state index contributed by atoms with van der Waals surface area (Å²) in [5, 5.41) is 4.08. The van der Waals surface area contributed by atoms with Gasteiger partial charge in [0.25, 0.3) is 0 Å². The van der Waals surface area contributed by atoms with Crippen molar-refractivity contribution < 1.29 is 9.59 Å². The molecule has 1 aliphatic carbocycles. The summed E-state index contributed by atoms with van der Waals surface area (Å²) in [5.41, 5.74) is 0. The molecule has 1 aliphatic rings. The minimum Gasteiger partial charge on any atom is -0.369 e. The van der Waals surface area contributed by atoms with Gasteiger partial charge >= 0.3 is 0 Å². The number of ketones is 2. The van der Waals surface area contributed by atoms with E-state index in [1.54, 1.807) is 11.3 Å². The number of hydrogen-bond donors (Lipinski definition) is 1. The first kappa shape index (κ1) is 12.5. The Morgan fingerprint density at radius 1 is 0.786 bits per heavy atom. The molecule has 4 N–H and O–H groups in total. The van der Waals surface area contributed by atoms with E-state index < -0.39 is 0 Å². The van der Waals surface area contributed by atoms with Crippen LogP contribution >= 0.6 is 11.3 Å². The summed E-state index contributed by atoms with van der Waals surface area (Å²) >= 11 is 1.71. The summed E-state index contributed by atoms with van der Waals surface area (Å²) in [6, 6.07) is 4.04. The Kier molecular flexibility index (Phi) is 6.19. The normalized spacial score (nSPS) is 12.9. The minimum atomic E-state index is -0.121. The van der Waals surface area contributed by atoms with Gasteiger partial charge in [-0.1, -0.05) is 12.1 Å². The molecule has 1 aromatic heterocycles. The Morgan fingerprint density at radius 2 is 1.14 bits per heavy atom. The van der Waals surface area contributed by atoms with Crippen molar-refractivity contribution in [3.05, 3.63) is 47.2 Å². The van der Waals surface area contributed by atoms with Gasteiger partial charge in [-0.05, 0) is 35.1 Å². The van der Waals surface area contributed by atoms with Crippen LogP contribution in [0.2, 0.25) is 0 Å². The van der Waals surface area contributed by atoms with E-state index in [1.807, 2.05) is 22.9 Å². The fraction of sp³-hybridized carbons (Fsp3) is 0. The van der Waals surface area contributed by atoms with Gasteiger partial charge in [-0.2, -0.15) is 11.3 Å². The zero-order valence-electron chi connectivity index (χ0n) is 7.84. The predicted octanol–water partition coefficient (Wildman–Crippen LogP) is 2.37. The maximum absolute atomic E-state index is 10.3. The molecule has 0 fully saturated rings. The third kappa shape index (κ3) is 5.18. The van der Waals surface area contributed by atoms with Crippen molar-refractivity contribution in [2.45, 2.75) is 0 Å². The Balaban J connectivity index is 0.000000246. The summed E-state index contributed by atoms with van der Waals surface area (Å²) < 4.78 is 0. The summed E-state index contributed by atoms with van der Waals surface area (Å²) in [7, 11) is 0. The monoisotopic (exact) mass is 210 g/mol. The number of allylic oxidation sites excluding steroid dienone is 4. The molecule has 2 rings (SSSR count). The molecule has 0 radical (unpaired) electrons. The number of rotatable bonds is 0. The highest BCUT2D eigenvalue weighted by Crippen LogP contribution is 1.91. The average molecular weight is 210 g/mol. The first-order valence-electron chi connectivity index (χ1n) is 3.70. The summed E-state index contributed by atoms with van der Waals surface area (Å²) in [6.07, 6.45) is 5.01. The molecule has 0 atom stereocenters. The molecule has 0 saturated heterocycles. The molecule has 0 aromatic carbocycles. The average Bonchev–Trinajstić information content (AvgIpc) is 2.68. The molecule has 74 valence electrons. The van der Waals surface area contributed by atoms with Gasteiger partial charge in [-0.3, -0.25) is 9.59 Å². The number of carbonyl (C=O) groups is 2. The number of thiophene rings is 1. The van der Waals surface area contributed by atoms with Crippen LogP contribution in [0.15, 0.2) is 47.2 Å². The first-order chi connectivity index (χ1) is 6.29. The number of carbonyl (C=O) groups excluding carboxylic acids is 2. The van der Waals surface area contributed by atoms with Gasteiger partial charge in [0.1, 0.15) is 0 Å². The Bertz CT molecular complexity index is 284. The summed E-state index contributed by atoms with van der Waals surface area (Å²) in [5.74, 6) is -0.241. The van der Waals surface area contributed by atoms with Gasteiger partial charge in [0.05, 0.1) is 0 Å². The van der Waals surface area contributed by atoms with E-state index in [1.165, 1.54) is 24.3 Å². The maximum atomic E-state index is 10.3. The molecule has 4 heteroatoms. The standard InChI is InChI=1S/C6H4O2.C4H4S.H3N/c7-5-1-2-6(8)4-3-5;1-2-4-5-3-1;/h1-4H;1-4H;1H3/p+1. The van der Waals surface area contributed by atoms with Crippen LogP contribution in [0.3, 0.4) is 0 Å². The van der Waals surface area contributed by atoms with E-state index in [0.29, 0.717) is 0 Å². The largest absolute Gasteiger partial charge is 0.369 e. The lowest BCUT2D eigenvalue weighted by molar-refractivity contribution is -0.113. The highest BCUT2D eigenvalue weighted by molar-refractivity contribution is 7.07. The Morgan fingerprint density at radius 3 is 1.36 bits per heavy atom. The zero-order valence-corrected chi connectivity index (χ0v) is 8.66. The van der Waals surface area contributed by atoms with Crippen molar-refractivity contribution in [1.29, 1.82) is 0 Å². The summed E-state index contributed by atoms with van der Waals surface area (Å²) in [6.45, 7) is 0. The molecular weight excluding hydrogens is 198 g/mol. The van der Waals surface area contributed by atoms with E-state index in [-0.39, 0.29) is 17.7 Å². The SMILES string of the molecule is O=C1C=CC(=O)C=C1.[NH4+].c1ccsc1. The van der Waals surface area contributed by atoms with E-state index in [2.05, 4.69) is 0 Å². The van der Waals surface area contributed by atoms with Crippen molar-refractivity contribution in [1.82, 2.24) is 6.15 Å². The molecule has 1 heterocycles. The first-order valence-corrected chi connectivity index (χ1v) is 4.64. The van der Waals surface area contributed by atoms with Crippen LogP contribution in [0.25, 0.3) is 0 Å². The van der Waals surface area contributed by atoms with E-state index in [9.17, 15) is 9.59 Å². The van der Waals surface area contributed by atoms with Gasteiger partial charge in [0.2, 0.25) is 0 Å². The van der Waals surface area contributed by atoms with Gasteiger partial charge in [-0.15, -0.1) is 0 Å². The van der Waals surface area contributed by atoms with Crippen molar-refractivity contribution in [2.24, 2.45) is 0 Å². The molecule has 3 nitrogen and oxygen atoms in total. The molecule has 0 bridgehead atoms. The molecule has 0 spiro atoms. The quantitative estimate of drug-likeness (QED) is 0.668. The second kappa shape index (κ2) is 6.94. The van der Waals surface area contributed by atoms with Crippen LogP contribution in [0.1, 0.15) is 0 Å². The van der Waals surface area contributed by atoms with E-state index in [4.69, 9.17) is 0 Å². The molecule has 14 heavy (non-hydrogen) atoms. The highest BCUT2D eigenvalue weighted by Gasteiger charge is 1.97. The van der Waals surface area contributed by atoms with Crippen molar-refractivity contribution in [2.75, 3.05) is 0 Å². The number of hydrogen-bond acceptors (Lipinski definition) is 3. The van der Waals surface area contributed by atoms with Gasteiger partial charge < -0.3 is 6.15 Å². The lowest BCUT2D eigenvalue weighted by Crippen LogP contribution is -1.97. The molecule has 1 aromatic rings. The molecule has 0 unspecified atom stereocenters. The maximum Gasteiger partial charge on any atom is 0.178 e. The number of quaternary nitrogens is 1. The topological polar surface area (TPSA) is 70.6 Å². The van der Waals surface area contributed by atoms with Crippen molar-refractivity contribution >= 4 is 22.9 Å². The molecule has 0 saturated carbocycles. The zero-order chi connectivity index (χ0) is 9.52. The van der Waals surface area contributed by atoms with Crippen LogP contribution in [-0.4, -0.2) is 11.6 Å². The van der Waals surface area contributed by atoms with Crippen molar-refractivity contribution in [3.8, 4) is 0 Å². The molecule has 0 amide bonds. The van der Waals surface area contributed by atoms with Crippen molar-refractivity contribution in [3.63, 3.8) is 0 Å². The fourth-order valence-corrected chi connectivity index (χ4v) is 1.12. The lowest BCUT2D eigenvalue weighted by atomic mass is 10.2. The predicted molar refractivity (Wildman–Crippen MR) is 58.6 cm³/mol. The van der Waals surface area contributed by atoms with Crippen LogP contribution in [-0.2, 0) is 9.59 Å². The van der Waals surface area contributed by atoms with Crippen LogP contribution < -0.4 is 6.15 Å². The Hall–Kier alpha value is -1.52. The van der Waals surface area contributed by atoms with Crippen LogP contribution in [0.4, 0.5) is 0 Å². The highest BCUT2D eigenvalue weighted by atomic mass is 32.1. The Labute approximate surface area is 86.3 Å². The van der Waals surface area contributed by atoms with Crippen LogP contribution in [0.5, 0.6) is 0 Å². The third-order valence-corrected chi connectivity index (χ3v) is 1.88. The van der Waals surface area contributed by atoms with Crippen LogP contribution in [0, 0.1) is 0 Å². The van der Waals surface area contributed by atoms with Gasteiger partial charge in [0.15, 0.2) is 11.6 Å². The third-order valence-electron chi connectivity index (χ3n) is 1.25. The van der Waals surface area contributed by atoms with E-state index in [0.717, 1.165) is 0 Å². The lowest BCUT2D eigenvalue weighted by Gasteiger charge is -1.87. The van der Waals surface area contributed by atoms with Gasteiger partial charge in [0, 0.05) is 0 Å². The second-order valence-electron chi connectivity index (χ2n) is 2.26. The second-order valence-corrected chi connectivity index (χ2v) is 3.08. The van der Waals surface area contributed by atoms with Gasteiger partial charge in [-0.25, -0.2) is 0 Å². The molecule has 0 aliphatic heterocycles.